The molecule has 0 bridgehead atoms. The van der Waals surface area contributed by atoms with Crippen LogP contribution in [0.3, 0.4) is 0 Å². The molecule has 0 aromatic heterocycles. The van der Waals surface area contributed by atoms with Crippen molar-refractivity contribution in [1.82, 2.24) is 4.72 Å². The first-order chi connectivity index (χ1) is 5.00. The number of nitrogens with one attached hydrogen (secondary N) is 1. The van der Waals surface area contributed by atoms with E-state index in [1.165, 1.54) is 10.8 Å². The lowest BCUT2D eigenvalue weighted by molar-refractivity contribution is -0.118. The van der Waals surface area contributed by atoms with Gasteiger partial charge in [-0.05, 0) is 0 Å². The van der Waals surface area contributed by atoms with Crippen molar-refractivity contribution in [2.24, 2.45) is 0 Å². The summed E-state index contributed by atoms with van der Waals surface area (Å²) >= 11 is 0. The molecule has 0 aromatic carbocycles. The maximum atomic E-state index is 10.9. The Kier molecular flexibility index (Phi) is 2.71. The van der Waals surface area contributed by atoms with E-state index in [2.05, 4.69) is 4.72 Å². The van der Waals surface area contributed by atoms with Crippen LogP contribution in [0.2, 0.25) is 0 Å². The van der Waals surface area contributed by atoms with Crippen molar-refractivity contribution in [3.05, 3.63) is 0 Å². The summed E-state index contributed by atoms with van der Waals surface area (Å²) in [4.78, 5) is 10.7. The highest BCUT2D eigenvalue weighted by Crippen LogP contribution is 2.33. The van der Waals surface area contributed by atoms with E-state index in [0.717, 1.165) is 17.2 Å². The van der Waals surface area contributed by atoms with E-state index in [1.54, 1.807) is 0 Å². The number of sulfone groups is 1. The molecule has 0 unspecified atom stereocenters. The van der Waals surface area contributed by atoms with E-state index in [1.807, 2.05) is 0 Å². The number of carbonyl (C=O) groups is 1. The SMILES string of the molecule is CS(=O)(=O)[C@H]1CC(=O)NSS1. The van der Waals surface area contributed by atoms with Crippen molar-refractivity contribution in [1.29, 1.82) is 0 Å². The summed E-state index contributed by atoms with van der Waals surface area (Å²) in [6.07, 6.45) is 1.21. The molecule has 1 aliphatic heterocycles. The fourth-order valence-electron chi connectivity index (χ4n) is 0.574. The Morgan fingerprint density at radius 3 is 2.64 bits per heavy atom. The van der Waals surface area contributed by atoms with Crippen LogP contribution >= 0.6 is 21.8 Å². The third kappa shape index (κ3) is 2.57. The number of hydrogen-bond donors (Lipinski definition) is 1. The smallest absolute Gasteiger partial charge is 0.232 e. The maximum absolute atomic E-state index is 10.9. The van der Waals surface area contributed by atoms with Gasteiger partial charge < -0.3 is 0 Å². The minimum atomic E-state index is -3.08. The van der Waals surface area contributed by atoms with E-state index >= 15 is 0 Å². The molecular weight excluding hydrogens is 206 g/mol. The second-order valence-corrected chi connectivity index (χ2v) is 6.90. The van der Waals surface area contributed by atoms with Crippen LogP contribution in [0.25, 0.3) is 0 Å². The van der Waals surface area contributed by atoms with Crippen LogP contribution in [-0.2, 0) is 14.6 Å². The van der Waals surface area contributed by atoms with Gasteiger partial charge in [-0.2, -0.15) is 0 Å². The molecule has 1 atom stereocenters. The first-order valence-corrected chi connectivity index (χ1v) is 6.97. The Hall–Kier alpha value is 0.120. The summed E-state index contributed by atoms with van der Waals surface area (Å²) in [5.74, 6) is -0.218. The topological polar surface area (TPSA) is 63.2 Å². The van der Waals surface area contributed by atoms with Gasteiger partial charge in [0, 0.05) is 17.2 Å². The predicted octanol–water partition coefficient (Wildman–Crippen LogP) is 0.173. The summed E-state index contributed by atoms with van der Waals surface area (Å²) in [5.41, 5.74) is 0. The second kappa shape index (κ2) is 3.24. The third-order valence-corrected chi connectivity index (χ3v) is 5.99. The van der Waals surface area contributed by atoms with Crippen LogP contribution in [-0.4, -0.2) is 25.2 Å². The average Bonchev–Trinajstić information content (AvgIpc) is 1.86. The monoisotopic (exact) mass is 213 g/mol. The molecule has 1 amide bonds. The Morgan fingerprint density at radius 1 is 1.64 bits per heavy atom. The molecule has 0 aromatic rings. The van der Waals surface area contributed by atoms with Crippen LogP contribution in [0.15, 0.2) is 0 Å². The molecule has 1 rings (SSSR count). The quantitative estimate of drug-likeness (QED) is 0.497. The Labute approximate surface area is 72.9 Å². The number of hydrogen-bond acceptors (Lipinski definition) is 5. The zero-order valence-corrected chi connectivity index (χ0v) is 8.18. The molecule has 0 aliphatic carbocycles. The molecule has 1 saturated heterocycles. The predicted molar refractivity (Wildman–Crippen MR) is 46.6 cm³/mol. The second-order valence-electron chi connectivity index (χ2n) is 2.17. The van der Waals surface area contributed by atoms with Gasteiger partial charge in [0.2, 0.25) is 5.91 Å². The highest BCUT2D eigenvalue weighted by atomic mass is 33.1. The Balaban J connectivity index is 2.68. The van der Waals surface area contributed by atoms with E-state index < -0.39 is 14.4 Å². The van der Waals surface area contributed by atoms with E-state index in [0.29, 0.717) is 0 Å². The van der Waals surface area contributed by atoms with Crippen molar-refractivity contribution >= 4 is 37.5 Å². The van der Waals surface area contributed by atoms with Crippen molar-refractivity contribution in [2.75, 3.05) is 6.26 Å². The first kappa shape index (κ1) is 9.21. The largest absolute Gasteiger partial charge is 0.291 e. The standard InChI is InChI=1S/C4H7NO3S3/c1-11(7,8)4-2-3(6)5-10-9-4/h4H,2H2,1H3,(H,5,6)/t4-/m0/s1. The molecule has 0 radical (unpaired) electrons. The fourth-order valence-corrected chi connectivity index (χ4v) is 4.74. The minimum absolute atomic E-state index is 0.0660. The summed E-state index contributed by atoms with van der Waals surface area (Å²) in [6, 6.07) is 0. The van der Waals surface area contributed by atoms with E-state index in [-0.39, 0.29) is 12.3 Å². The highest BCUT2D eigenvalue weighted by Gasteiger charge is 2.28. The molecule has 64 valence electrons. The molecule has 4 nitrogen and oxygen atoms in total. The van der Waals surface area contributed by atoms with Gasteiger partial charge >= 0.3 is 0 Å². The summed E-state index contributed by atoms with van der Waals surface area (Å²) < 4.78 is 23.7. The average molecular weight is 213 g/mol. The molecule has 1 N–H and O–H groups in total. The lowest BCUT2D eigenvalue weighted by Crippen LogP contribution is -2.29. The lowest BCUT2D eigenvalue weighted by Gasteiger charge is -2.17. The van der Waals surface area contributed by atoms with Crippen LogP contribution in [0.1, 0.15) is 6.42 Å². The lowest BCUT2D eigenvalue weighted by atomic mass is 10.5. The number of amides is 1. The van der Waals surface area contributed by atoms with Crippen LogP contribution < -0.4 is 4.72 Å². The van der Waals surface area contributed by atoms with Gasteiger partial charge in [0.05, 0.1) is 6.42 Å². The highest BCUT2D eigenvalue weighted by molar-refractivity contribution is 8.77. The molecule has 1 heterocycles. The maximum Gasteiger partial charge on any atom is 0.232 e. The van der Waals surface area contributed by atoms with Crippen molar-refractivity contribution in [3.8, 4) is 0 Å². The molecule has 0 spiro atoms. The molecule has 11 heavy (non-hydrogen) atoms. The molecule has 1 fully saturated rings. The van der Waals surface area contributed by atoms with Crippen LogP contribution in [0.5, 0.6) is 0 Å². The molecule has 1 aliphatic rings. The van der Waals surface area contributed by atoms with Gasteiger partial charge in [-0.1, -0.05) is 10.8 Å². The fraction of sp³-hybridized carbons (Fsp3) is 0.750. The van der Waals surface area contributed by atoms with Crippen LogP contribution in [0.4, 0.5) is 0 Å². The normalized spacial score (nSPS) is 26.3. The summed E-state index contributed by atoms with van der Waals surface area (Å²) in [6.45, 7) is 0. The van der Waals surface area contributed by atoms with Gasteiger partial charge in [-0.3, -0.25) is 9.52 Å². The minimum Gasteiger partial charge on any atom is -0.291 e. The van der Waals surface area contributed by atoms with E-state index in [4.69, 9.17) is 0 Å². The zero-order chi connectivity index (χ0) is 8.48. The van der Waals surface area contributed by atoms with Crippen molar-refractivity contribution in [2.45, 2.75) is 11.0 Å². The third-order valence-electron chi connectivity index (χ3n) is 1.14. The van der Waals surface area contributed by atoms with E-state index in [9.17, 15) is 13.2 Å². The van der Waals surface area contributed by atoms with Crippen LogP contribution in [0, 0.1) is 0 Å². The first-order valence-electron chi connectivity index (χ1n) is 2.80. The van der Waals surface area contributed by atoms with Crippen molar-refractivity contribution < 1.29 is 13.2 Å². The molecular formula is C4H7NO3S3. The van der Waals surface area contributed by atoms with Gasteiger partial charge in [0.25, 0.3) is 0 Å². The molecule has 0 saturated carbocycles. The number of rotatable bonds is 1. The summed E-state index contributed by atoms with van der Waals surface area (Å²) in [7, 11) is -0.831. The van der Waals surface area contributed by atoms with Gasteiger partial charge in [0.1, 0.15) is 4.58 Å². The molecule has 7 heteroatoms. The van der Waals surface area contributed by atoms with Gasteiger partial charge in [0.15, 0.2) is 9.84 Å². The number of carbonyl (C=O) groups excluding carboxylic acids is 1. The Bertz CT molecular complexity index is 260. The zero-order valence-electron chi connectivity index (χ0n) is 5.73. The summed E-state index contributed by atoms with van der Waals surface area (Å²) in [5, 5.41) is 0. The van der Waals surface area contributed by atoms with Gasteiger partial charge in [-0.25, -0.2) is 8.42 Å². The Morgan fingerprint density at radius 2 is 2.27 bits per heavy atom. The van der Waals surface area contributed by atoms with Gasteiger partial charge in [-0.15, -0.1) is 0 Å². The van der Waals surface area contributed by atoms with Crippen molar-refractivity contribution in [3.63, 3.8) is 0 Å².